The van der Waals surface area contributed by atoms with Crippen molar-refractivity contribution in [3.8, 4) is 0 Å². The summed E-state index contributed by atoms with van der Waals surface area (Å²) in [6.07, 6.45) is 0. The molecule has 0 unspecified atom stereocenters. The molecule has 0 bridgehead atoms. The third-order valence-electron chi connectivity index (χ3n) is 2.89. The van der Waals surface area contributed by atoms with Crippen molar-refractivity contribution >= 4 is 31.4 Å². The van der Waals surface area contributed by atoms with Crippen molar-refractivity contribution < 1.29 is 8.42 Å². The van der Waals surface area contributed by atoms with E-state index in [1.165, 1.54) is 11.3 Å². The van der Waals surface area contributed by atoms with Crippen LogP contribution in [-0.4, -0.2) is 21.0 Å². The number of thiophene rings is 1. The van der Waals surface area contributed by atoms with E-state index in [2.05, 4.69) is 10.0 Å². The van der Waals surface area contributed by atoms with Crippen LogP contribution in [0.2, 0.25) is 0 Å². The van der Waals surface area contributed by atoms with E-state index in [1.54, 1.807) is 6.92 Å². The quantitative estimate of drug-likeness (QED) is 0.862. The minimum absolute atomic E-state index is 0.315. The molecule has 1 heterocycles. The molecule has 0 spiro atoms. The highest BCUT2D eigenvalue weighted by Crippen LogP contribution is 2.34. The average molecular weight is 312 g/mol. The fourth-order valence-electron chi connectivity index (χ4n) is 2.04. The Balaban J connectivity index is 2.56. The summed E-state index contributed by atoms with van der Waals surface area (Å²) in [6.45, 7) is 6.84. The van der Waals surface area contributed by atoms with E-state index >= 15 is 0 Å². The molecule has 2 N–H and O–H groups in total. The van der Waals surface area contributed by atoms with E-state index in [4.69, 9.17) is 0 Å². The molecule has 4 nitrogen and oxygen atoms in total. The van der Waals surface area contributed by atoms with E-state index in [0.717, 1.165) is 15.0 Å². The van der Waals surface area contributed by atoms with Gasteiger partial charge in [-0.3, -0.25) is 0 Å². The molecule has 1 aromatic carbocycles. The van der Waals surface area contributed by atoms with Crippen LogP contribution >= 0.6 is 11.3 Å². The summed E-state index contributed by atoms with van der Waals surface area (Å²) in [6, 6.07) is 7.95. The van der Waals surface area contributed by atoms with Gasteiger partial charge in [-0.1, -0.05) is 39.0 Å². The molecule has 0 aliphatic rings. The molecular formula is C14H20N2O2S2. The first-order chi connectivity index (χ1) is 9.45. The van der Waals surface area contributed by atoms with Gasteiger partial charge in [0.25, 0.3) is 0 Å². The first-order valence-electron chi connectivity index (χ1n) is 6.69. The van der Waals surface area contributed by atoms with Gasteiger partial charge in [0.2, 0.25) is 10.0 Å². The predicted octanol–water partition coefficient (Wildman–Crippen LogP) is 2.70. The minimum atomic E-state index is -3.45. The molecule has 0 saturated heterocycles. The summed E-state index contributed by atoms with van der Waals surface area (Å²) < 4.78 is 28.5. The molecule has 1 aromatic heterocycles. The molecule has 110 valence electrons. The topological polar surface area (TPSA) is 58.2 Å². The molecule has 0 aliphatic carbocycles. The number of hydrogen-bond acceptors (Lipinski definition) is 4. The first kappa shape index (κ1) is 15.4. The molecule has 0 fully saturated rings. The van der Waals surface area contributed by atoms with Crippen LogP contribution in [0.1, 0.15) is 25.6 Å². The largest absolute Gasteiger partial charge is 0.310 e. The summed E-state index contributed by atoms with van der Waals surface area (Å²) in [5.41, 5.74) is 0. The predicted molar refractivity (Wildman–Crippen MR) is 84.7 cm³/mol. The van der Waals surface area contributed by atoms with Gasteiger partial charge < -0.3 is 5.32 Å². The highest BCUT2D eigenvalue weighted by atomic mass is 32.2. The SMILES string of the molecule is CCNS(=O)(=O)c1c(CNC(C)C)sc2ccccc12. The Hall–Kier alpha value is -0.950. The van der Waals surface area contributed by atoms with Crippen molar-refractivity contribution in [1.82, 2.24) is 10.0 Å². The minimum Gasteiger partial charge on any atom is -0.310 e. The summed E-state index contributed by atoms with van der Waals surface area (Å²) in [4.78, 5) is 1.29. The molecular weight excluding hydrogens is 292 g/mol. The lowest BCUT2D eigenvalue weighted by Crippen LogP contribution is -2.26. The van der Waals surface area contributed by atoms with Crippen LogP contribution in [0.3, 0.4) is 0 Å². The summed E-state index contributed by atoms with van der Waals surface area (Å²) in [5.74, 6) is 0. The summed E-state index contributed by atoms with van der Waals surface area (Å²) in [5, 5.41) is 4.10. The molecule has 2 rings (SSSR count). The van der Waals surface area contributed by atoms with Crippen LogP contribution in [0.4, 0.5) is 0 Å². The van der Waals surface area contributed by atoms with Gasteiger partial charge in [0, 0.05) is 34.1 Å². The first-order valence-corrected chi connectivity index (χ1v) is 8.99. The van der Waals surface area contributed by atoms with Crippen LogP contribution in [0.5, 0.6) is 0 Å². The Kier molecular flexibility index (Phi) is 4.80. The molecule has 0 atom stereocenters. The lowest BCUT2D eigenvalue weighted by molar-refractivity contribution is 0.574. The molecule has 0 radical (unpaired) electrons. The number of fused-ring (bicyclic) bond motifs is 1. The van der Waals surface area contributed by atoms with Crippen molar-refractivity contribution in [2.75, 3.05) is 6.54 Å². The number of rotatable bonds is 6. The normalized spacial score (nSPS) is 12.4. The lowest BCUT2D eigenvalue weighted by Gasteiger charge is -2.10. The molecule has 6 heteroatoms. The van der Waals surface area contributed by atoms with Gasteiger partial charge >= 0.3 is 0 Å². The van der Waals surface area contributed by atoms with Gasteiger partial charge in [-0.2, -0.15) is 0 Å². The maximum Gasteiger partial charge on any atom is 0.242 e. The Labute approximate surface area is 124 Å². The summed E-state index contributed by atoms with van der Waals surface area (Å²) >= 11 is 1.54. The van der Waals surface area contributed by atoms with E-state index in [0.29, 0.717) is 24.0 Å². The van der Waals surface area contributed by atoms with Crippen LogP contribution in [0.15, 0.2) is 29.2 Å². The van der Waals surface area contributed by atoms with Gasteiger partial charge in [0.05, 0.1) is 0 Å². The monoisotopic (exact) mass is 312 g/mol. The highest BCUT2D eigenvalue weighted by Gasteiger charge is 2.23. The third-order valence-corrected chi connectivity index (χ3v) is 5.86. The van der Waals surface area contributed by atoms with Crippen LogP contribution in [0, 0.1) is 0 Å². The maximum atomic E-state index is 12.4. The molecule has 0 amide bonds. The van der Waals surface area contributed by atoms with Gasteiger partial charge in [-0.15, -0.1) is 11.3 Å². The van der Waals surface area contributed by atoms with Crippen LogP contribution < -0.4 is 10.0 Å². The second-order valence-electron chi connectivity index (χ2n) is 4.89. The number of sulfonamides is 1. The van der Waals surface area contributed by atoms with E-state index < -0.39 is 10.0 Å². The Morgan fingerprint density at radius 3 is 2.60 bits per heavy atom. The fraction of sp³-hybridized carbons (Fsp3) is 0.429. The zero-order valence-electron chi connectivity index (χ0n) is 11.9. The van der Waals surface area contributed by atoms with Crippen LogP contribution in [0.25, 0.3) is 10.1 Å². The second kappa shape index (κ2) is 6.22. The number of hydrogen-bond donors (Lipinski definition) is 2. The average Bonchev–Trinajstić information content (AvgIpc) is 2.75. The zero-order valence-corrected chi connectivity index (χ0v) is 13.6. The standard InChI is InChI=1S/C14H20N2O2S2/c1-4-16-20(17,18)14-11-7-5-6-8-12(11)19-13(14)9-15-10(2)3/h5-8,10,15-16H,4,9H2,1-3H3. The van der Waals surface area contributed by atoms with E-state index in [-0.39, 0.29) is 0 Å². The van der Waals surface area contributed by atoms with Crippen molar-refractivity contribution in [2.45, 2.75) is 38.3 Å². The van der Waals surface area contributed by atoms with Crippen LogP contribution in [-0.2, 0) is 16.6 Å². The number of nitrogens with one attached hydrogen (secondary N) is 2. The molecule has 0 saturated carbocycles. The van der Waals surface area contributed by atoms with E-state index in [9.17, 15) is 8.42 Å². The van der Waals surface area contributed by atoms with Gasteiger partial charge in [-0.05, 0) is 6.07 Å². The molecule has 2 aromatic rings. The fourth-order valence-corrected chi connectivity index (χ4v) is 4.98. The highest BCUT2D eigenvalue weighted by molar-refractivity contribution is 7.90. The molecule has 20 heavy (non-hydrogen) atoms. The van der Waals surface area contributed by atoms with Gasteiger partial charge in [-0.25, -0.2) is 13.1 Å². The second-order valence-corrected chi connectivity index (χ2v) is 7.73. The molecule has 0 aliphatic heterocycles. The van der Waals surface area contributed by atoms with E-state index in [1.807, 2.05) is 38.1 Å². The van der Waals surface area contributed by atoms with Gasteiger partial charge in [0.15, 0.2) is 0 Å². The third kappa shape index (κ3) is 3.20. The van der Waals surface area contributed by atoms with Gasteiger partial charge in [0.1, 0.15) is 4.90 Å². The summed E-state index contributed by atoms with van der Waals surface area (Å²) in [7, 11) is -3.45. The number of benzene rings is 1. The van der Waals surface area contributed by atoms with Crippen molar-refractivity contribution in [1.29, 1.82) is 0 Å². The van der Waals surface area contributed by atoms with Crippen molar-refractivity contribution in [2.24, 2.45) is 0 Å². The Morgan fingerprint density at radius 1 is 1.25 bits per heavy atom. The Morgan fingerprint density at radius 2 is 1.95 bits per heavy atom. The Bertz CT molecular complexity index is 690. The lowest BCUT2D eigenvalue weighted by atomic mass is 10.2. The smallest absolute Gasteiger partial charge is 0.242 e. The zero-order chi connectivity index (χ0) is 14.8. The maximum absolute atomic E-state index is 12.4. The van der Waals surface area contributed by atoms with Crippen molar-refractivity contribution in [3.05, 3.63) is 29.1 Å². The van der Waals surface area contributed by atoms with Crippen molar-refractivity contribution in [3.63, 3.8) is 0 Å².